The highest BCUT2D eigenvalue weighted by Crippen LogP contribution is 2.20. The first-order valence-electron chi connectivity index (χ1n) is 9.07. The van der Waals surface area contributed by atoms with Crippen molar-refractivity contribution < 1.29 is 14.3 Å². The second-order valence-electron chi connectivity index (χ2n) is 6.79. The van der Waals surface area contributed by atoms with Gasteiger partial charge in [0.2, 0.25) is 4.77 Å². The third-order valence-electron chi connectivity index (χ3n) is 5.03. The zero-order valence-corrected chi connectivity index (χ0v) is 16.0. The number of piperazine rings is 1. The van der Waals surface area contributed by atoms with Crippen molar-refractivity contribution in [3.63, 3.8) is 0 Å². The highest BCUT2D eigenvalue weighted by molar-refractivity contribution is 7.71. The van der Waals surface area contributed by atoms with Gasteiger partial charge in [-0.2, -0.15) is 4.68 Å². The Balaban J connectivity index is 1.47. The van der Waals surface area contributed by atoms with Crippen LogP contribution in [-0.2, 0) is 13.7 Å². The van der Waals surface area contributed by atoms with Gasteiger partial charge in [0.15, 0.2) is 12.5 Å². The minimum Gasteiger partial charge on any atom is -0.310 e. The maximum atomic E-state index is 14.1. The molecule has 1 aliphatic heterocycles. The molecule has 3 aromatic rings. The van der Waals surface area contributed by atoms with Crippen LogP contribution in [0.3, 0.4) is 0 Å². The third kappa shape index (κ3) is 3.63. The molecule has 0 radical (unpaired) electrons. The molecule has 8 heteroatoms. The summed E-state index contributed by atoms with van der Waals surface area (Å²) in [6, 6.07) is 12.8. The molecule has 140 valence electrons. The molecule has 1 aromatic carbocycles. The lowest BCUT2D eigenvalue weighted by atomic mass is 10.2. The molecule has 0 saturated carbocycles. The maximum absolute atomic E-state index is 14.1. The van der Waals surface area contributed by atoms with Gasteiger partial charge in [-0.3, -0.25) is 4.90 Å². The van der Waals surface area contributed by atoms with Crippen LogP contribution in [0.15, 0.2) is 48.7 Å². The van der Waals surface area contributed by atoms with Crippen molar-refractivity contribution in [2.45, 2.75) is 6.67 Å². The number of hydrogen-bond donors (Lipinski definition) is 1. The minimum atomic E-state index is -0.284. The Bertz CT molecular complexity index is 975. The molecule has 0 bridgehead atoms. The summed E-state index contributed by atoms with van der Waals surface area (Å²) in [4.78, 5) is 7.06. The van der Waals surface area contributed by atoms with Crippen LogP contribution in [0.5, 0.6) is 0 Å². The predicted molar refractivity (Wildman–Crippen MR) is 103 cm³/mol. The zero-order valence-electron chi connectivity index (χ0n) is 15.2. The Labute approximate surface area is 162 Å². The molecule has 0 spiro atoms. The minimum absolute atomic E-state index is 0.284. The first-order chi connectivity index (χ1) is 13.1. The van der Waals surface area contributed by atoms with Crippen LogP contribution in [0.1, 0.15) is 0 Å². The number of halogens is 1. The molecule has 1 fully saturated rings. The molecular weight excluding hydrogens is 363 g/mol. The van der Waals surface area contributed by atoms with E-state index in [4.69, 9.17) is 12.2 Å². The zero-order chi connectivity index (χ0) is 18.8. The molecule has 0 atom stereocenters. The first-order valence-corrected chi connectivity index (χ1v) is 9.48. The van der Waals surface area contributed by atoms with Crippen LogP contribution in [0.25, 0.3) is 11.4 Å². The number of hydrogen-bond acceptors (Lipinski definition) is 3. The number of aromatic amines is 1. The van der Waals surface area contributed by atoms with Gasteiger partial charge in [-0.05, 0) is 30.4 Å². The summed E-state index contributed by atoms with van der Waals surface area (Å²) in [7, 11) is 1.84. The normalized spacial score (nSPS) is 15.3. The average Bonchev–Trinajstić information content (AvgIpc) is 2.98. The fraction of sp³-hybridized carbons (Fsp3) is 0.316. The number of H-pyrrole nitrogens is 1. The molecule has 0 aliphatic carbocycles. The van der Waals surface area contributed by atoms with Gasteiger partial charge in [0.1, 0.15) is 32.0 Å². The van der Waals surface area contributed by atoms with Crippen LogP contribution in [-0.4, -0.2) is 40.5 Å². The second-order valence-corrected chi connectivity index (χ2v) is 7.15. The van der Waals surface area contributed by atoms with E-state index in [1.54, 1.807) is 16.7 Å². The van der Waals surface area contributed by atoms with E-state index < -0.39 is 0 Å². The molecule has 1 saturated heterocycles. The number of rotatable bonds is 4. The monoisotopic (exact) mass is 386 g/mol. The van der Waals surface area contributed by atoms with Gasteiger partial charge in [0, 0.05) is 13.1 Å². The molecule has 2 aromatic heterocycles. The first kappa shape index (κ1) is 17.8. The second kappa shape index (κ2) is 7.58. The van der Waals surface area contributed by atoms with Gasteiger partial charge in [0.05, 0.1) is 11.8 Å². The number of nitrogens with one attached hydrogen (secondary N) is 2. The summed E-state index contributed by atoms with van der Waals surface area (Å²) in [5, 5.41) is 4.61. The van der Waals surface area contributed by atoms with E-state index in [2.05, 4.69) is 21.0 Å². The largest absolute Gasteiger partial charge is 0.310 e. The van der Waals surface area contributed by atoms with E-state index in [1.807, 2.05) is 36.1 Å². The average molecular weight is 387 g/mol. The summed E-state index contributed by atoms with van der Waals surface area (Å²) in [5.41, 5.74) is 0.476. The Morgan fingerprint density at radius 2 is 1.89 bits per heavy atom. The summed E-state index contributed by atoms with van der Waals surface area (Å²) in [5.74, 6) is 1.43. The molecule has 0 unspecified atom stereocenters. The topological polar surface area (TPSA) is 44.6 Å². The standard InChI is InChI=1S/C19H21FN6S/c1-23-18(15-6-2-3-7-16(15)20)22-26(19(23)27)14-24-10-12-25(13-11-24)17-8-4-5-9-21-17/h2-9H,10-14H2,1H3/p+2. The van der Waals surface area contributed by atoms with Gasteiger partial charge in [-0.1, -0.05) is 18.2 Å². The number of nitrogens with zero attached hydrogens (tertiary/aromatic N) is 4. The van der Waals surface area contributed by atoms with Crippen LogP contribution in [0.4, 0.5) is 10.2 Å². The fourth-order valence-electron chi connectivity index (χ4n) is 3.48. The lowest BCUT2D eigenvalue weighted by Gasteiger charge is -2.27. The van der Waals surface area contributed by atoms with Crippen molar-refractivity contribution in [3.8, 4) is 11.4 Å². The quantitative estimate of drug-likeness (QED) is 0.679. The highest BCUT2D eigenvalue weighted by Gasteiger charge is 2.26. The number of quaternary nitrogens is 1. The van der Waals surface area contributed by atoms with Gasteiger partial charge in [-0.15, -0.1) is 5.10 Å². The number of aromatic nitrogens is 4. The van der Waals surface area contributed by atoms with Crippen LogP contribution >= 0.6 is 12.2 Å². The molecular formula is C19H23FN6S+2. The number of benzene rings is 1. The maximum Gasteiger partial charge on any atom is 0.274 e. The lowest BCUT2D eigenvalue weighted by molar-refractivity contribution is -0.924. The molecule has 2 N–H and O–H groups in total. The van der Waals surface area contributed by atoms with E-state index in [0.717, 1.165) is 32.0 Å². The van der Waals surface area contributed by atoms with Crippen molar-refractivity contribution in [1.82, 2.24) is 14.3 Å². The van der Waals surface area contributed by atoms with Crippen molar-refractivity contribution >= 4 is 18.0 Å². The van der Waals surface area contributed by atoms with E-state index in [1.165, 1.54) is 11.0 Å². The van der Waals surface area contributed by atoms with Crippen LogP contribution < -0.4 is 14.8 Å². The van der Waals surface area contributed by atoms with Crippen LogP contribution in [0, 0.1) is 10.6 Å². The van der Waals surface area contributed by atoms with Crippen LogP contribution in [0.2, 0.25) is 0 Å². The smallest absolute Gasteiger partial charge is 0.274 e. The summed E-state index contributed by atoms with van der Waals surface area (Å²) in [6.45, 7) is 4.62. The van der Waals surface area contributed by atoms with E-state index in [0.29, 0.717) is 22.8 Å². The molecule has 6 nitrogen and oxygen atoms in total. The number of pyridine rings is 1. The predicted octanol–water partition coefficient (Wildman–Crippen LogP) is 0.934. The molecule has 0 amide bonds. The Hall–Kier alpha value is -2.58. The highest BCUT2D eigenvalue weighted by atomic mass is 32.1. The van der Waals surface area contributed by atoms with Gasteiger partial charge in [0.25, 0.3) is 5.82 Å². The van der Waals surface area contributed by atoms with Crippen molar-refractivity contribution in [2.75, 3.05) is 31.1 Å². The van der Waals surface area contributed by atoms with Crippen molar-refractivity contribution in [3.05, 3.63) is 59.2 Å². The Morgan fingerprint density at radius 1 is 1.15 bits per heavy atom. The van der Waals surface area contributed by atoms with Crippen molar-refractivity contribution in [1.29, 1.82) is 0 Å². The Kier molecular flexibility index (Phi) is 5.00. The van der Waals surface area contributed by atoms with Gasteiger partial charge in [-0.25, -0.2) is 9.37 Å². The fourth-order valence-corrected chi connectivity index (χ4v) is 3.67. The summed E-state index contributed by atoms with van der Waals surface area (Å²) < 4.78 is 18.4. The Morgan fingerprint density at radius 3 is 2.59 bits per heavy atom. The SMILES string of the molecule is Cn1c(-c2ccccc2F)nn(C[NH+]2CCN(c3cccc[nH+]3)CC2)c1=S. The molecule has 4 rings (SSSR count). The number of anilines is 1. The molecule has 1 aliphatic rings. The van der Waals surface area contributed by atoms with Gasteiger partial charge < -0.3 is 9.47 Å². The molecule has 3 heterocycles. The molecule has 27 heavy (non-hydrogen) atoms. The third-order valence-corrected chi connectivity index (χ3v) is 5.52. The van der Waals surface area contributed by atoms with E-state index in [9.17, 15) is 4.39 Å². The van der Waals surface area contributed by atoms with Gasteiger partial charge >= 0.3 is 0 Å². The summed E-state index contributed by atoms with van der Waals surface area (Å²) >= 11 is 5.54. The van der Waals surface area contributed by atoms with Crippen molar-refractivity contribution in [2.24, 2.45) is 7.05 Å². The summed E-state index contributed by atoms with van der Waals surface area (Å²) in [6.07, 6.45) is 1.95. The van der Waals surface area contributed by atoms with E-state index in [-0.39, 0.29) is 5.82 Å². The lowest BCUT2D eigenvalue weighted by Crippen LogP contribution is -3.14. The van der Waals surface area contributed by atoms with E-state index >= 15 is 0 Å².